The maximum Gasteiger partial charge on any atom is 0.171 e. The zero-order valence-corrected chi connectivity index (χ0v) is 32.7. The van der Waals surface area contributed by atoms with E-state index in [9.17, 15) is 9.13 Å². The second kappa shape index (κ2) is 20.6. The zero-order chi connectivity index (χ0) is 27.7. The van der Waals surface area contributed by atoms with Crippen LogP contribution in [0.2, 0.25) is 0 Å². The number of rotatable bonds is 6. The predicted molar refractivity (Wildman–Crippen MR) is 190 cm³/mol. The molecule has 0 N–H and O–H groups in total. The van der Waals surface area contributed by atoms with E-state index in [0.29, 0.717) is 0 Å². The third-order valence-corrected chi connectivity index (χ3v) is 12.9. The van der Waals surface area contributed by atoms with Gasteiger partial charge in [0.05, 0.1) is 0 Å². The van der Waals surface area contributed by atoms with Gasteiger partial charge < -0.3 is 57.9 Å². The van der Waals surface area contributed by atoms with Crippen LogP contribution in [-0.4, -0.2) is 24.4 Å². The number of halogens is 2. The van der Waals surface area contributed by atoms with E-state index in [4.69, 9.17) is 0 Å². The van der Waals surface area contributed by atoms with E-state index in [1.807, 2.05) is 182 Å². The normalized spacial score (nSPS) is 9.96. The molecule has 233 valence electrons. The first kappa shape index (κ1) is 42.6. The Balaban J connectivity index is 0.000000774. The molecule has 6 rings (SSSR count). The van der Waals surface area contributed by atoms with Gasteiger partial charge in [-0.2, -0.15) is 0 Å². The van der Waals surface area contributed by atoms with Gasteiger partial charge in [0.1, 0.15) is 0 Å². The molecule has 0 saturated heterocycles. The molecular weight excluding hydrogens is 832 g/mol. The second-order valence-corrected chi connectivity index (χ2v) is 14.8. The molecule has 6 aromatic rings. The van der Waals surface area contributed by atoms with E-state index in [-0.39, 0.29) is 73.2 Å². The maximum atomic E-state index is 13.8. The maximum absolute atomic E-state index is 13.8. The molecule has 0 amide bonds. The van der Waals surface area contributed by atoms with Crippen molar-refractivity contribution in [3.05, 3.63) is 197 Å². The Kier molecular flexibility index (Phi) is 19.5. The van der Waals surface area contributed by atoms with Crippen LogP contribution in [0, 0.1) is 14.9 Å². The van der Waals surface area contributed by atoms with Crippen molar-refractivity contribution in [3.8, 4) is 0 Å². The van der Waals surface area contributed by atoms with Crippen molar-refractivity contribution in [1.82, 2.24) is 0 Å². The SMILES string of the molecule is O=P(c1ccccc1)(c1ccccc1)c1ccccc1.O=P(c1ccccc1)(c1ccccc1)c1ccccc1.[Br-].[Br-].[CH3-].[CH3-].[Sb]. The van der Waals surface area contributed by atoms with Crippen molar-refractivity contribution in [2.24, 2.45) is 0 Å². The van der Waals surface area contributed by atoms with Gasteiger partial charge in [-0.3, -0.25) is 0 Å². The Morgan fingerprint density at radius 2 is 0.378 bits per heavy atom. The van der Waals surface area contributed by atoms with Crippen LogP contribution >= 0.6 is 14.3 Å². The van der Waals surface area contributed by atoms with Gasteiger partial charge >= 0.3 is 0 Å². The van der Waals surface area contributed by atoms with Crippen molar-refractivity contribution in [2.45, 2.75) is 0 Å². The van der Waals surface area contributed by atoms with Gasteiger partial charge in [0, 0.05) is 56.3 Å². The Labute approximate surface area is 308 Å². The fraction of sp³-hybridized carbons (Fsp3) is 0. The molecule has 0 aliphatic rings. The molecule has 0 saturated carbocycles. The van der Waals surface area contributed by atoms with Crippen LogP contribution in [-0.2, 0) is 9.13 Å². The molecule has 6 aromatic carbocycles. The van der Waals surface area contributed by atoms with Crippen LogP contribution in [0.15, 0.2) is 182 Å². The van der Waals surface area contributed by atoms with E-state index >= 15 is 0 Å². The van der Waals surface area contributed by atoms with Gasteiger partial charge in [-0.1, -0.05) is 182 Å². The van der Waals surface area contributed by atoms with Gasteiger partial charge in [0.25, 0.3) is 0 Å². The van der Waals surface area contributed by atoms with Crippen molar-refractivity contribution < 1.29 is 43.1 Å². The van der Waals surface area contributed by atoms with E-state index in [2.05, 4.69) is 0 Å². The first-order valence-corrected chi connectivity index (χ1v) is 16.6. The predicted octanol–water partition coefficient (Wildman–Crippen LogP) is 1.18. The minimum atomic E-state index is -2.78. The average Bonchev–Trinajstić information content (AvgIpc) is 3.07. The molecule has 3 radical (unpaired) electrons. The number of hydrogen-bond acceptors (Lipinski definition) is 2. The Hall–Kier alpha value is -2.44. The summed E-state index contributed by atoms with van der Waals surface area (Å²) in [6.45, 7) is 0. The summed E-state index contributed by atoms with van der Waals surface area (Å²) in [5.41, 5.74) is 0. The summed E-state index contributed by atoms with van der Waals surface area (Å²) in [5, 5.41) is 5.24. The quantitative estimate of drug-likeness (QED) is 0.144. The first-order valence-electron chi connectivity index (χ1n) is 13.2. The smallest absolute Gasteiger partial charge is 0.171 e. The summed E-state index contributed by atoms with van der Waals surface area (Å²) in [5.74, 6) is 0. The molecule has 0 bridgehead atoms. The topological polar surface area (TPSA) is 34.1 Å². The van der Waals surface area contributed by atoms with E-state index < -0.39 is 14.3 Å². The molecule has 0 fully saturated rings. The molecular formula is C38H36Br2O2P2Sb-4. The number of benzene rings is 6. The van der Waals surface area contributed by atoms with Crippen LogP contribution in [0.5, 0.6) is 0 Å². The van der Waals surface area contributed by atoms with Gasteiger partial charge in [-0.25, -0.2) is 0 Å². The molecule has 7 heteroatoms. The Morgan fingerprint density at radius 3 is 0.489 bits per heavy atom. The summed E-state index contributed by atoms with van der Waals surface area (Å²) in [6.07, 6.45) is 0. The van der Waals surface area contributed by atoms with Crippen molar-refractivity contribution in [2.75, 3.05) is 0 Å². The molecule has 0 aromatic heterocycles. The van der Waals surface area contributed by atoms with Gasteiger partial charge in [-0.15, -0.1) is 0 Å². The standard InChI is InChI=1S/2C18H15OP.2CH3.2BrH.Sb/c2*19-20(16-10-4-1-5-11-16,17-12-6-2-7-13-17)18-14-8-3-9-15-18;;;;;/h2*1-15H;2*1H3;2*1H;/q;;2*-1;;;/p-2. The molecule has 0 heterocycles. The first-order chi connectivity index (χ1) is 19.6. The van der Waals surface area contributed by atoms with Crippen molar-refractivity contribution >= 4 is 70.5 Å². The van der Waals surface area contributed by atoms with Gasteiger partial charge in [0.15, 0.2) is 14.3 Å². The Bertz CT molecular complexity index is 1390. The van der Waals surface area contributed by atoms with E-state index in [0.717, 1.165) is 31.8 Å². The molecule has 2 nitrogen and oxygen atoms in total. The van der Waals surface area contributed by atoms with Crippen molar-refractivity contribution in [3.63, 3.8) is 0 Å². The molecule has 0 spiro atoms. The molecule has 0 atom stereocenters. The summed E-state index contributed by atoms with van der Waals surface area (Å²) >= 11 is 0. The summed E-state index contributed by atoms with van der Waals surface area (Å²) < 4.78 is 27.6. The van der Waals surface area contributed by atoms with Gasteiger partial charge in [-0.05, 0) is 0 Å². The van der Waals surface area contributed by atoms with Crippen LogP contribution in [0.25, 0.3) is 0 Å². The number of hydrogen-bond donors (Lipinski definition) is 0. The fourth-order valence-electron chi connectivity index (χ4n) is 4.72. The van der Waals surface area contributed by atoms with E-state index in [1.54, 1.807) is 0 Å². The third kappa shape index (κ3) is 9.78. The molecule has 0 unspecified atom stereocenters. The largest absolute Gasteiger partial charge is 1.00 e. The zero-order valence-electron chi connectivity index (χ0n) is 25.2. The minimum absolute atomic E-state index is 0. The monoisotopic (exact) mass is 865 g/mol. The molecule has 0 aliphatic carbocycles. The second-order valence-electron chi connectivity index (χ2n) is 9.23. The fourth-order valence-corrected chi connectivity index (χ4v) is 10.1. The summed E-state index contributed by atoms with van der Waals surface area (Å²) in [4.78, 5) is 0. The molecule has 45 heavy (non-hydrogen) atoms. The third-order valence-electron chi connectivity index (χ3n) is 6.72. The van der Waals surface area contributed by atoms with Crippen LogP contribution in [0.1, 0.15) is 0 Å². The summed E-state index contributed by atoms with van der Waals surface area (Å²) in [7, 11) is -5.55. The average molecular weight is 868 g/mol. The van der Waals surface area contributed by atoms with Crippen LogP contribution in [0.4, 0.5) is 0 Å². The minimum Gasteiger partial charge on any atom is -1.00 e. The van der Waals surface area contributed by atoms with Gasteiger partial charge in [0.2, 0.25) is 0 Å². The van der Waals surface area contributed by atoms with Crippen LogP contribution < -0.4 is 65.8 Å². The van der Waals surface area contributed by atoms with Crippen molar-refractivity contribution in [1.29, 1.82) is 0 Å². The summed E-state index contributed by atoms with van der Waals surface area (Å²) in [6, 6.07) is 58.3. The van der Waals surface area contributed by atoms with E-state index in [1.165, 1.54) is 0 Å². The Morgan fingerprint density at radius 1 is 0.267 bits per heavy atom. The van der Waals surface area contributed by atoms with Crippen LogP contribution in [0.3, 0.4) is 0 Å². The molecule has 0 aliphatic heterocycles.